The van der Waals surface area contributed by atoms with Crippen molar-refractivity contribution >= 4 is 49.8 Å². The number of aromatic carboxylic acids is 1. The van der Waals surface area contributed by atoms with Crippen LogP contribution in [0.15, 0.2) is 34.5 Å². The average molecular weight is 397 g/mol. The van der Waals surface area contributed by atoms with E-state index < -0.39 is 16.0 Å². The third-order valence-corrected chi connectivity index (χ3v) is 7.87. The maximum atomic E-state index is 12.8. The Hall–Kier alpha value is -1.87. The van der Waals surface area contributed by atoms with Crippen molar-refractivity contribution < 1.29 is 18.3 Å². The van der Waals surface area contributed by atoms with E-state index in [2.05, 4.69) is 4.98 Å². The molecular formula is C16H13ClN2O4S2. The van der Waals surface area contributed by atoms with Crippen LogP contribution in [0.1, 0.15) is 21.6 Å². The van der Waals surface area contributed by atoms with Gasteiger partial charge in [-0.3, -0.25) is 0 Å². The van der Waals surface area contributed by atoms with Crippen LogP contribution >= 0.6 is 22.9 Å². The quantitative estimate of drug-likeness (QED) is 0.710. The fraction of sp³-hybridized carbons (Fsp3) is 0.188. The molecule has 3 aromatic rings. The number of carbonyl (C=O) groups is 1. The van der Waals surface area contributed by atoms with Crippen molar-refractivity contribution in [1.82, 2.24) is 9.29 Å². The number of nitrogens with zero attached hydrogens (tertiary/aromatic N) is 1. The van der Waals surface area contributed by atoms with Crippen LogP contribution in [0.2, 0.25) is 4.34 Å². The summed E-state index contributed by atoms with van der Waals surface area (Å²) in [6.07, 6.45) is 0.546. The standard InChI is InChI=1S/C16H13ClN2O4S2/c17-14-3-4-15(24-14)25(22,23)19-6-5-13-11(8-19)10-7-9(16(20)21)1-2-12(10)18-13/h1-4,7,18H,5-6,8H2,(H,20,21). The van der Waals surface area contributed by atoms with Crippen molar-refractivity contribution in [3.05, 3.63) is 51.5 Å². The molecule has 4 rings (SSSR count). The lowest BCUT2D eigenvalue weighted by Gasteiger charge is -2.25. The van der Waals surface area contributed by atoms with Crippen LogP contribution in [0.25, 0.3) is 10.9 Å². The van der Waals surface area contributed by atoms with Gasteiger partial charge in [0.05, 0.1) is 9.90 Å². The molecule has 0 amide bonds. The van der Waals surface area contributed by atoms with Gasteiger partial charge in [-0.25, -0.2) is 13.2 Å². The van der Waals surface area contributed by atoms with Crippen molar-refractivity contribution in [1.29, 1.82) is 0 Å². The highest BCUT2D eigenvalue weighted by molar-refractivity contribution is 7.91. The molecule has 2 N–H and O–H groups in total. The van der Waals surface area contributed by atoms with Gasteiger partial charge >= 0.3 is 5.97 Å². The molecule has 25 heavy (non-hydrogen) atoms. The highest BCUT2D eigenvalue weighted by atomic mass is 35.5. The second kappa shape index (κ2) is 5.84. The number of nitrogens with one attached hydrogen (secondary N) is 1. The van der Waals surface area contributed by atoms with E-state index in [-0.39, 0.29) is 16.3 Å². The summed E-state index contributed by atoms with van der Waals surface area (Å²) in [4.78, 5) is 14.5. The Balaban J connectivity index is 1.76. The molecule has 1 aliphatic heterocycles. The van der Waals surface area contributed by atoms with Gasteiger partial charge in [0.1, 0.15) is 4.21 Å². The molecule has 0 saturated heterocycles. The maximum Gasteiger partial charge on any atom is 0.335 e. The van der Waals surface area contributed by atoms with Crippen LogP contribution in [0.4, 0.5) is 0 Å². The summed E-state index contributed by atoms with van der Waals surface area (Å²) in [6.45, 7) is 0.569. The van der Waals surface area contributed by atoms with Gasteiger partial charge in [-0.1, -0.05) is 11.6 Å². The van der Waals surface area contributed by atoms with Gasteiger partial charge in [0.15, 0.2) is 0 Å². The summed E-state index contributed by atoms with van der Waals surface area (Å²) in [5, 5.41) is 9.94. The first-order chi connectivity index (χ1) is 11.9. The largest absolute Gasteiger partial charge is 0.478 e. The fourth-order valence-electron chi connectivity index (χ4n) is 3.09. The summed E-state index contributed by atoms with van der Waals surface area (Å²) in [5.74, 6) is -1.01. The number of aromatic nitrogens is 1. The Labute approximate surface area is 152 Å². The molecule has 1 aliphatic rings. The van der Waals surface area contributed by atoms with E-state index in [0.717, 1.165) is 33.5 Å². The minimum absolute atomic E-state index is 0.180. The second-order valence-corrected chi connectivity index (χ2v) is 9.67. The first-order valence-electron chi connectivity index (χ1n) is 7.48. The van der Waals surface area contributed by atoms with Crippen molar-refractivity contribution in [2.24, 2.45) is 0 Å². The zero-order valence-corrected chi connectivity index (χ0v) is 15.2. The number of rotatable bonds is 3. The van der Waals surface area contributed by atoms with E-state index in [1.54, 1.807) is 18.2 Å². The number of halogens is 1. The molecule has 1 aromatic carbocycles. The Morgan fingerprint density at radius 1 is 1.28 bits per heavy atom. The lowest BCUT2D eigenvalue weighted by atomic mass is 10.0. The smallest absolute Gasteiger partial charge is 0.335 e. The molecule has 0 aliphatic carbocycles. The monoisotopic (exact) mass is 396 g/mol. The topological polar surface area (TPSA) is 90.5 Å². The molecule has 0 unspecified atom stereocenters. The van der Waals surface area contributed by atoms with Crippen LogP contribution in [0.3, 0.4) is 0 Å². The van der Waals surface area contributed by atoms with Gasteiger partial charge in [0.25, 0.3) is 10.0 Å². The number of hydrogen-bond donors (Lipinski definition) is 2. The number of aromatic amines is 1. The lowest BCUT2D eigenvalue weighted by molar-refractivity contribution is 0.0697. The van der Waals surface area contributed by atoms with E-state index in [1.807, 2.05) is 0 Å². The summed E-state index contributed by atoms with van der Waals surface area (Å²) in [6, 6.07) is 7.92. The van der Waals surface area contributed by atoms with Gasteiger partial charge in [-0.15, -0.1) is 11.3 Å². The van der Waals surface area contributed by atoms with Gasteiger partial charge in [0.2, 0.25) is 0 Å². The molecule has 2 aromatic heterocycles. The number of sulfonamides is 1. The molecule has 0 spiro atoms. The van der Waals surface area contributed by atoms with Gasteiger partial charge in [0, 0.05) is 36.1 Å². The molecule has 0 fully saturated rings. The van der Waals surface area contributed by atoms with E-state index >= 15 is 0 Å². The predicted octanol–water partition coefficient (Wildman–Crippen LogP) is 3.33. The Bertz CT molecular complexity index is 1100. The molecular weight excluding hydrogens is 384 g/mol. The number of thiophene rings is 1. The summed E-state index contributed by atoms with van der Waals surface area (Å²) >= 11 is 6.90. The number of carboxylic acid groups (broad SMARTS) is 1. The Kier molecular flexibility index (Phi) is 3.88. The molecule has 0 atom stereocenters. The van der Waals surface area contributed by atoms with Gasteiger partial charge < -0.3 is 10.1 Å². The summed E-state index contributed by atoms with van der Waals surface area (Å²) in [5.41, 5.74) is 2.77. The number of fused-ring (bicyclic) bond motifs is 3. The third-order valence-electron chi connectivity index (χ3n) is 4.33. The zero-order chi connectivity index (χ0) is 17.8. The average Bonchev–Trinajstić information content (AvgIpc) is 3.17. The molecule has 6 nitrogen and oxygen atoms in total. The summed E-state index contributed by atoms with van der Waals surface area (Å²) in [7, 11) is -3.62. The fourth-order valence-corrected chi connectivity index (χ4v) is 6.14. The third kappa shape index (κ3) is 2.75. The normalized spacial score (nSPS) is 15.4. The molecule has 0 radical (unpaired) electrons. The number of H-pyrrole nitrogens is 1. The molecule has 130 valence electrons. The summed E-state index contributed by atoms with van der Waals surface area (Å²) < 4.78 is 27.7. The molecule has 3 heterocycles. The minimum Gasteiger partial charge on any atom is -0.478 e. The van der Waals surface area contributed by atoms with E-state index in [4.69, 9.17) is 11.6 Å². The Morgan fingerprint density at radius 2 is 2.08 bits per heavy atom. The number of carboxylic acids is 1. The predicted molar refractivity (Wildman–Crippen MR) is 95.9 cm³/mol. The van der Waals surface area contributed by atoms with Crippen LogP contribution < -0.4 is 0 Å². The van der Waals surface area contributed by atoms with Crippen LogP contribution in [-0.2, 0) is 23.0 Å². The minimum atomic E-state index is -3.62. The highest BCUT2D eigenvalue weighted by Gasteiger charge is 2.31. The second-order valence-electron chi connectivity index (χ2n) is 5.79. The van der Waals surface area contributed by atoms with Crippen molar-refractivity contribution in [3.8, 4) is 0 Å². The SMILES string of the molecule is O=C(O)c1ccc2[nH]c3c(c2c1)CN(S(=O)(=O)c1ccc(Cl)s1)CC3. The van der Waals surface area contributed by atoms with Crippen LogP contribution in [0.5, 0.6) is 0 Å². The maximum absolute atomic E-state index is 12.8. The highest BCUT2D eigenvalue weighted by Crippen LogP contribution is 2.33. The number of benzene rings is 1. The zero-order valence-electron chi connectivity index (χ0n) is 12.8. The first kappa shape index (κ1) is 16.6. The van der Waals surface area contributed by atoms with E-state index in [0.29, 0.717) is 17.3 Å². The van der Waals surface area contributed by atoms with Crippen LogP contribution in [0, 0.1) is 0 Å². The van der Waals surface area contributed by atoms with Crippen molar-refractivity contribution in [3.63, 3.8) is 0 Å². The van der Waals surface area contributed by atoms with Gasteiger partial charge in [-0.05, 0) is 35.9 Å². The van der Waals surface area contributed by atoms with Crippen molar-refractivity contribution in [2.75, 3.05) is 6.54 Å². The lowest BCUT2D eigenvalue weighted by Crippen LogP contribution is -2.35. The van der Waals surface area contributed by atoms with Gasteiger partial charge in [-0.2, -0.15) is 4.31 Å². The number of hydrogen-bond acceptors (Lipinski definition) is 4. The van der Waals surface area contributed by atoms with E-state index in [9.17, 15) is 18.3 Å². The van der Waals surface area contributed by atoms with E-state index in [1.165, 1.54) is 16.4 Å². The molecule has 0 saturated carbocycles. The molecule has 9 heteroatoms. The first-order valence-corrected chi connectivity index (χ1v) is 10.1. The molecule has 0 bridgehead atoms. The van der Waals surface area contributed by atoms with Crippen molar-refractivity contribution in [2.45, 2.75) is 17.2 Å². The van der Waals surface area contributed by atoms with Crippen LogP contribution in [-0.4, -0.2) is 35.3 Å². The Morgan fingerprint density at radius 3 is 2.76 bits per heavy atom.